The van der Waals surface area contributed by atoms with Crippen molar-refractivity contribution in [3.05, 3.63) is 65.2 Å². The van der Waals surface area contributed by atoms with Crippen molar-refractivity contribution in [2.45, 2.75) is 37.6 Å². The SMILES string of the molecule is CN1C(=O)C2(CCN(Cc3ccccc3)CC2)c2cc(C(=O)N3CCCC3)ccc21. The number of piperidine rings is 1. The Morgan fingerprint density at radius 2 is 1.67 bits per heavy atom. The maximum atomic E-state index is 13.4. The average molecular weight is 404 g/mol. The van der Waals surface area contributed by atoms with Gasteiger partial charge in [0.2, 0.25) is 5.91 Å². The third-order valence-electron chi connectivity index (χ3n) is 7.19. The summed E-state index contributed by atoms with van der Waals surface area (Å²) in [6.45, 7) is 4.38. The van der Waals surface area contributed by atoms with Crippen molar-refractivity contribution in [2.75, 3.05) is 38.1 Å². The molecular formula is C25H29N3O2. The molecule has 3 aliphatic rings. The van der Waals surface area contributed by atoms with Crippen LogP contribution in [0.5, 0.6) is 0 Å². The van der Waals surface area contributed by atoms with Crippen LogP contribution in [0.2, 0.25) is 0 Å². The molecule has 2 aromatic rings. The number of anilines is 1. The number of hydrogen-bond acceptors (Lipinski definition) is 3. The molecule has 0 atom stereocenters. The molecule has 0 aromatic heterocycles. The summed E-state index contributed by atoms with van der Waals surface area (Å²) in [6.07, 6.45) is 3.77. The first-order valence-electron chi connectivity index (χ1n) is 11.1. The zero-order valence-electron chi connectivity index (χ0n) is 17.6. The summed E-state index contributed by atoms with van der Waals surface area (Å²) >= 11 is 0. The number of likely N-dealkylation sites (N-methyl/N-ethyl adjacent to an activating group) is 1. The second-order valence-corrected chi connectivity index (χ2v) is 8.94. The Hall–Kier alpha value is -2.66. The quantitative estimate of drug-likeness (QED) is 0.789. The fourth-order valence-corrected chi connectivity index (χ4v) is 5.41. The summed E-state index contributed by atoms with van der Waals surface area (Å²) in [6, 6.07) is 16.4. The number of nitrogens with zero attached hydrogens (tertiary/aromatic N) is 3. The second kappa shape index (κ2) is 7.55. The van der Waals surface area contributed by atoms with Crippen LogP contribution >= 0.6 is 0 Å². The van der Waals surface area contributed by atoms with E-state index in [1.54, 1.807) is 4.90 Å². The third-order valence-corrected chi connectivity index (χ3v) is 7.19. The van der Waals surface area contributed by atoms with E-state index in [9.17, 15) is 9.59 Å². The zero-order chi connectivity index (χ0) is 20.7. The number of carbonyl (C=O) groups is 2. The fraction of sp³-hybridized carbons (Fsp3) is 0.440. The molecular weight excluding hydrogens is 374 g/mol. The summed E-state index contributed by atoms with van der Waals surface area (Å²) in [5.41, 5.74) is 3.57. The predicted molar refractivity (Wildman–Crippen MR) is 118 cm³/mol. The standard InChI is InChI=1S/C25H29N3O2/c1-26-22-10-9-20(23(29)28-13-5-6-14-28)17-21(22)25(24(26)30)11-15-27(16-12-25)18-19-7-3-2-4-8-19/h2-4,7-10,17H,5-6,11-16,18H2,1H3. The molecule has 5 rings (SSSR count). The number of amides is 2. The predicted octanol–water partition coefficient (Wildman–Crippen LogP) is 3.43. The van der Waals surface area contributed by atoms with Crippen LogP contribution in [0.4, 0.5) is 5.69 Å². The van der Waals surface area contributed by atoms with Crippen molar-refractivity contribution in [2.24, 2.45) is 0 Å². The number of rotatable bonds is 3. The zero-order valence-corrected chi connectivity index (χ0v) is 17.6. The highest BCUT2D eigenvalue weighted by Crippen LogP contribution is 2.48. The maximum absolute atomic E-state index is 13.4. The first-order chi connectivity index (χ1) is 14.6. The molecule has 156 valence electrons. The maximum Gasteiger partial charge on any atom is 0.253 e. The van der Waals surface area contributed by atoms with E-state index in [2.05, 4.69) is 29.2 Å². The average Bonchev–Trinajstić information content (AvgIpc) is 3.39. The Kier molecular flexibility index (Phi) is 4.86. The van der Waals surface area contributed by atoms with Gasteiger partial charge in [0.25, 0.3) is 5.91 Å². The van der Waals surface area contributed by atoms with Crippen LogP contribution in [-0.2, 0) is 16.8 Å². The van der Waals surface area contributed by atoms with Crippen LogP contribution in [0.1, 0.15) is 47.2 Å². The third kappa shape index (κ3) is 3.12. The molecule has 5 nitrogen and oxygen atoms in total. The molecule has 0 radical (unpaired) electrons. The molecule has 0 bridgehead atoms. The topological polar surface area (TPSA) is 43.9 Å². The van der Waals surface area contributed by atoms with E-state index in [-0.39, 0.29) is 11.8 Å². The summed E-state index contributed by atoms with van der Waals surface area (Å²) in [7, 11) is 1.87. The van der Waals surface area contributed by atoms with E-state index in [1.807, 2.05) is 36.2 Å². The largest absolute Gasteiger partial charge is 0.339 e. The normalized spacial score (nSPS) is 20.8. The van der Waals surface area contributed by atoms with Gasteiger partial charge in [-0.1, -0.05) is 30.3 Å². The molecule has 0 N–H and O–H groups in total. The van der Waals surface area contributed by atoms with E-state index in [0.29, 0.717) is 0 Å². The van der Waals surface area contributed by atoms with Gasteiger partial charge in [-0.05, 0) is 68.1 Å². The molecule has 2 aromatic carbocycles. The molecule has 3 aliphatic heterocycles. The lowest BCUT2D eigenvalue weighted by atomic mass is 9.73. The summed E-state index contributed by atoms with van der Waals surface area (Å²) in [5.74, 6) is 0.289. The Morgan fingerprint density at radius 3 is 2.37 bits per heavy atom. The highest BCUT2D eigenvalue weighted by atomic mass is 16.2. The number of carbonyl (C=O) groups excluding carboxylic acids is 2. The van der Waals surface area contributed by atoms with E-state index >= 15 is 0 Å². The first-order valence-corrected chi connectivity index (χ1v) is 11.1. The molecule has 1 spiro atoms. The van der Waals surface area contributed by atoms with Crippen molar-refractivity contribution in [3.8, 4) is 0 Å². The minimum Gasteiger partial charge on any atom is -0.339 e. The van der Waals surface area contributed by atoms with Gasteiger partial charge in [0.1, 0.15) is 0 Å². The van der Waals surface area contributed by atoms with Gasteiger partial charge >= 0.3 is 0 Å². The lowest BCUT2D eigenvalue weighted by Gasteiger charge is -2.38. The molecule has 2 fully saturated rings. The van der Waals surface area contributed by atoms with Crippen LogP contribution < -0.4 is 4.90 Å². The Labute approximate surface area is 178 Å². The summed E-state index contributed by atoms with van der Waals surface area (Å²) in [5, 5.41) is 0. The van der Waals surface area contributed by atoms with Crippen LogP contribution in [0.25, 0.3) is 0 Å². The van der Waals surface area contributed by atoms with Gasteiger partial charge in [-0.25, -0.2) is 0 Å². The molecule has 3 heterocycles. The first kappa shape index (κ1) is 19.3. The van der Waals surface area contributed by atoms with Crippen molar-refractivity contribution in [3.63, 3.8) is 0 Å². The van der Waals surface area contributed by atoms with Gasteiger partial charge in [-0.3, -0.25) is 14.5 Å². The van der Waals surface area contributed by atoms with Gasteiger partial charge in [-0.15, -0.1) is 0 Å². The second-order valence-electron chi connectivity index (χ2n) is 8.94. The minimum atomic E-state index is -0.488. The van der Waals surface area contributed by atoms with Crippen LogP contribution in [0.15, 0.2) is 48.5 Å². The van der Waals surface area contributed by atoms with Gasteiger partial charge in [0.05, 0.1) is 5.41 Å². The Morgan fingerprint density at radius 1 is 0.967 bits per heavy atom. The van der Waals surface area contributed by atoms with E-state index in [4.69, 9.17) is 0 Å². The molecule has 5 heteroatoms. The van der Waals surface area contributed by atoms with Crippen LogP contribution in [-0.4, -0.2) is 54.8 Å². The molecule has 30 heavy (non-hydrogen) atoms. The van der Waals surface area contributed by atoms with E-state index < -0.39 is 5.41 Å². The number of fused-ring (bicyclic) bond motifs is 2. The highest BCUT2D eigenvalue weighted by molar-refractivity contribution is 6.09. The van der Waals surface area contributed by atoms with Crippen molar-refractivity contribution in [1.29, 1.82) is 0 Å². The molecule has 0 aliphatic carbocycles. The van der Waals surface area contributed by atoms with Gasteiger partial charge in [0.15, 0.2) is 0 Å². The van der Waals surface area contributed by atoms with Gasteiger partial charge in [-0.2, -0.15) is 0 Å². The number of hydrogen-bond donors (Lipinski definition) is 0. The number of likely N-dealkylation sites (tertiary alicyclic amines) is 2. The molecule has 2 amide bonds. The molecule has 0 saturated carbocycles. The van der Waals surface area contributed by atoms with Crippen molar-refractivity contribution >= 4 is 17.5 Å². The van der Waals surface area contributed by atoms with Crippen LogP contribution in [0, 0.1) is 0 Å². The summed E-state index contributed by atoms with van der Waals surface area (Å²) < 4.78 is 0. The fourth-order valence-electron chi connectivity index (χ4n) is 5.41. The highest BCUT2D eigenvalue weighted by Gasteiger charge is 2.51. The molecule has 2 saturated heterocycles. The smallest absolute Gasteiger partial charge is 0.253 e. The van der Waals surface area contributed by atoms with E-state index in [1.165, 1.54) is 5.56 Å². The van der Waals surface area contributed by atoms with Crippen LogP contribution in [0.3, 0.4) is 0 Å². The van der Waals surface area contributed by atoms with E-state index in [0.717, 1.165) is 75.2 Å². The molecule has 0 unspecified atom stereocenters. The van der Waals surface area contributed by atoms with Gasteiger partial charge < -0.3 is 9.80 Å². The lowest BCUT2D eigenvalue weighted by molar-refractivity contribution is -0.124. The Bertz CT molecular complexity index is 958. The monoisotopic (exact) mass is 403 g/mol. The van der Waals surface area contributed by atoms with Crippen molar-refractivity contribution < 1.29 is 9.59 Å². The van der Waals surface area contributed by atoms with Crippen molar-refractivity contribution in [1.82, 2.24) is 9.80 Å². The minimum absolute atomic E-state index is 0.106. The number of benzene rings is 2. The Balaban J connectivity index is 1.39. The van der Waals surface area contributed by atoms with Gasteiger partial charge in [0, 0.05) is 37.9 Å². The lowest BCUT2D eigenvalue weighted by Crippen LogP contribution is -2.47. The summed E-state index contributed by atoms with van der Waals surface area (Å²) in [4.78, 5) is 32.5.